The number of carbonyl (C=O) groups is 1. The molecule has 1 fully saturated rings. The van der Waals surface area contributed by atoms with Gasteiger partial charge in [-0.25, -0.2) is 0 Å². The molecule has 0 bridgehead atoms. The molecule has 0 saturated heterocycles. The van der Waals surface area contributed by atoms with Gasteiger partial charge in [-0.2, -0.15) is 0 Å². The molecule has 6 heteroatoms. The average Bonchev–Trinajstić information content (AvgIpc) is 3.34. The summed E-state index contributed by atoms with van der Waals surface area (Å²) in [5.74, 6) is -0.160. The predicted molar refractivity (Wildman–Crippen MR) is 90.1 cm³/mol. The van der Waals surface area contributed by atoms with Crippen LogP contribution >= 0.6 is 0 Å². The second-order valence-electron chi connectivity index (χ2n) is 6.33. The van der Waals surface area contributed by atoms with Crippen LogP contribution in [0.3, 0.4) is 0 Å². The molecule has 1 atom stereocenters. The molecule has 2 N–H and O–H groups in total. The van der Waals surface area contributed by atoms with E-state index in [2.05, 4.69) is 5.32 Å². The zero-order valence-corrected chi connectivity index (χ0v) is 13.4. The van der Waals surface area contributed by atoms with Crippen LogP contribution in [0.2, 0.25) is 0 Å². The summed E-state index contributed by atoms with van der Waals surface area (Å²) >= 11 is 0. The normalized spacial score (nSPS) is 16.5. The number of hydrogen-bond acceptors (Lipinski definition) is 5. The minimum Gasteiger partial charge on any atom is -0.466 e. The van der Waals surface area contributed by atoms with Gasteiger partial charge >= 0.3 is 0 Å². The lowest BCUT2D eigenvalue weighted by atomic mass is 9.94. The molecular weight excluding hydrogens is 322 g/mol. The van der Waals surface area contributed by atoms with E-state index in [0.29, 0.717) is 16.7 Å². The summed E-state index contributed by atoms with van der Waals surface area (Å²) < 4.78 is 10.9. The quantitative estimate of drug-likeness (QED) is 0.745. The van der Waals surface area contributed by atoms with Gasteiger partial charge in [-0.3, -0.25) is 9.59 Å². The van der Waals surface area contributed by atoms with Crippen LogP contribution in [0.1, 0.15) is 29.2 Å². The van der Waals surface area contributed by atoms with E-state index in [-0.39, 0.29) is 23.7 Å². The number of fused-ring (bicyclic) bond motifs is 1. The number of hydrogen-bond donors (Lipinski definition) is 2. The molecule has 6 nitrogen and oxygen atoms in total. The van der Waals surface area contributed by atoms with E-state index in [4.69, 9.17) is 8.83 Å². The van der Waals surface area contributed by atoms with E-state index in [0.717, 1.165) is 12.8 Å². The maximum atomic E-state index is 12.4. The molecule has 1 aliphatic carbocycles. The highest BCUT2D eigenvalue weighted by Crippen LogP contribution is 2.45. The fourth-order valence-corrected chi connectivity index (χ4v) is 3.04. The Morgan fingerprint density at radius 3 is 2.76 bits per heavy atom. The van der Waals surface area contributed by atoms with Gasteiger partial charge < -0.3 is 19.3 Å². The number of amides is 1. The van der Waals surface area contributed by atoms with E-state index < -0.39 is 11.5 Å². The van der Waals surface area contributed by atoms with Crippen molar-refractivity contribution in [3.05, 3.63) is 70.5 Å². The zero-order chi connectivity index (χ0) is 17.4. The maximum Gasteiger partial charge on any atom is 0.287 e. The van der Waals surface area contributed by atoms with Crippen molar-refractivity contribution in [2.24, 2.45) is 5.92 Å². The van der Waals surface area contributed by atoms with Crippen LogP contribution in [0, 0.1) is 5.92 Å². The van der Waals surface area contributed by atoms with Gasteiger partial charge in [-0.05, 0) is 43.0 Å². The molecule has 4 rings (SSSR count). The number of aliphatic hydroxyl groups is 1. The lowest BCUT2D eigenvalue weighted by Crippen LogP contribution is -2.42. The third-order valence-electron chi connectivity index (χ3n) is 4.58. The smallest absolute Gasteiger partial charge is 0.287 e. The number of nitrogens with one attached hydrogen (secondary N) is 1. The van der Waals surface area contributed by atoms with Gasteiger partial charge in [0.2, 0.25) is 0 Å². The lowest BCUT2D eigenvalue weighted by Gasteiger charge is -2.26. The highest BCUT2D eigenvalue weighted by atomic mass is 16.4. The van der Waals surface area contributed by atoms with Gasteiger partial charge in [0.15, 0.2) is 11.2 Å². The van der Waals surface area contributed by atoms with Crippen molar-refractivity contribution in [1.82, 2.24) is 5.32 Å². The Labute approximate surface area is 143 Å². The van der Waals surface area contributed by atoms with Gasteiger partial charge in [0, 0.05) is 6.07 Å². The minimum absolute atomic E-state index is 0.0133. The van der Waals surface area contributed by atoms with E-state index in [1.54, 1.807) is 36.4 Å². The maximum absolute atomic E-state index is 12.4. The molecular formula is C19H17NO5. The summed E-state index contributed by atoms with van der Waals surface area (Å²) in [6.45, 7) is -0.0133. The molecule has 0 aliphatic heterocycles. The van der Waals surface area contributed by atoms with Gasteiger partial charge in [-0.15, -0.1) is 0 Å². The lowest BCUT2D eigenvalue weighted by molar-refractivity contribution is -0.00631. The van der Waals surface area contributed by atoms with E-state index in [1.165, 1.54) is 12.3 Å². The van der Waals surface area contributed by atoms with Crippen LogP contribution in [0.5, 0.6) is 0 Å². The summed E-state index contributed by atoms with van der Waals surface area (Å²) in [7, 11) is 0. The molecule has 1 aromatic carbocycles. The van der Waals surface area contributed by atoms with Crippen molar-refractivity contribution in [1.29, 1.82) is 0 Å². The van der Waals surface area contributed by atoms with Crippen LogP contribution in [-0.4, -0.2) is 17.6 Å². The van der Waals surface area contributed by atoms with Crippen LogP contribution < -0.4 is 10.7 Å². The van der Waals surface area contributed by atoms with Crippen molar-refractivity contribution in [2.45, 2.75) is 18.4 Å². The third-order valence-corrected chi connectivity index (χ3v) is 4.58. The molecule has 1 saturated carbocycles. The van der Waals surface area contributed by atoms with Crippen molar-refractivity contribution in [2.75, 3.05) is 6.54 Å². The first-order valence-electron chi connectivity index (χ1n) is 8.15. The molecule has 1 amide bonds. The molecule has 2 aromatic heterocycles. The van der Waals surface area contributed by atoms with Crippen LogP contribution in [0.15, 0.2) is 62.4 Å². The fraction of sp³-hybridized carbons (Fsp3) is 0.263. The summed E-state index contributed by atoms with van der Waals surface area (Å²) in [5, 5.41) is 14.0. The topological polar surface area (TPSA) is 92.7 Å². The summed E-state index contributed by atoms with van der Waals surface area (Å²) in [5.41, 5.74) is -1.19. The summed E-state index contributed by atoms with van der Waals surface area (Å²) in [4.78, 5) is 24.5. The SMILES string of the molecule is O=C(NCC(O)(c1ccco1)C1CC1)c1cc(=O)c2ccccc2o1. The molecule has 3 aromatic rings. The Hall–Kier alpha value is -2.86. The Morgan fingerprint density at radius 2 is 2.04 bits per heavy atom. The van der Waals surface area contributed by atoms with Crippen LogP contribution in [-0.2, 0) is 5.60 Å². The molecule has 128 valence electrons. The van der Waals surface area contributed by atoms with Crippen molar-refractivity contribution in [3.8, 4) is 0 Å². The second kappa shape index (κ2) is 5.89. The molecule has 1 unspecified atom stereocenters. The van der Waals surface area contributed by atoms with E-state index in [9.17, 15) is 14.7 Å². The summed E-state index contributed by atoms with van der Waals surface area (Å²) in [6.07, 6.45) is 3.24. The van der Waals surface area contributed by atoms with Crippen LogP contribution in [0.25, 0.3) is 11.0 Å². The van der Waals surface area contributed by atoms with Crippen molar-refractivity contribution >= 4 is 16.9 Å². The third kappa shape index (κ3) is 2.85. The minimum atomic E-state index is -1.25. The molecule has 2 heterocycles. The monoisotopic (exact) mass is 339 g/mol. The number of carbonyl (C=O) groups excluding carboxylic acids is 1. The number of rotatable bonds is 5. The van der Waals surface area contributed by atoms with Gasteiger partial charge in [0.1, 0.15) is 16.9 Å². The highest BCUT2D eigenvalue weighted by molar-refractivity contribution is 5.93. The molecule has 1 aliphatic rings. The Kier molecular flexibility index (Phi) is 3.69. The highest BCUT2D eigenvalue weighted by Gasteiger charge is 2.47. The largest absolute Gasteiger partial charge is 0.466 e. The predicted octanol–water partition coefficient (Wildman–Crippen LogP) is 2.41. The zero-order valence-electron chi connectivity index (χ0n) is 13.4. The van der Waals surface area contributed by atoms with E-state index >= 15 is 0 Å². The Balaban J connectivity index is 1.57. The van der Waals surface area contributed by atoms with E-state index in [1.807, 2.05) is 0 Å². The Morgan fingerprint density at radius 1 is 1.24 bits per heavy atom. The van der Waals surface area contributed by atoms with Crippen molar-refractivity contribution < 1.29 is 18.7 Å². The van der Waals surface area contributed by atoms with Gasteiger partial charge in [0.25, 0.3) is 5.91 Å². The summed E-state index contributed by atoms with van der Waals surface area (Å²) in [6, 6.07) is 11.3. The van der Waals surface area contributed by atoms with Crippen LogP contribution in [0.4, 0.5) is 0 Å². The van der Waals surface area contributed by atoms with Gasteiger partial charge in [-0.1, -0.05) is 12.1 Å². The first-order chi connectivity index (χ1) is 12.1. The second-order valence-corrected chi connectivity index (χ2v) is 6.33. The van der Waals surface area contributed by atoms with Crippen molar-refractivity contribution in [3.63, 3.8) is 0 Å². The van der Waals surface area contributed by atoms with Gasteiger partial charge in [0.05, 0.1) is 18.2 Å². The number of furan rings is 1. The standard InChI is InChI=1S/C19H17NO5/c21-14-10-16(25-15-5-2-1-4-13(14)15)18(22)20-11-19(23,12-7-8-12)17-6-3-9-24-17/h1-6,9-10,12,23H,7-8,11H2,(H,20,22). The fourth-order valence-electron chi connectivity index (χ4n) is 3.04. The molecule has 0 spiro atoms. The first kappa shape index (κ1) is 15.7. The average molecular weight is 339 g/mol. The first-order valence-corrected chi connectivity index (χ1v) is 8.15. The Bertz CT molecular complexity index is 971. The number of para-hydroxylation sites is 1. The molecule has 0 radical (unpaired) electrons. The molecule has 25 heavy (non-hydrogen) atoms. The number of benzene rings is 1.